The molecule has 0 saturated carbocycles. The summed E-state index contributed by atoms with van der Waals surface area (Å²) in [6.45, 7) is 10.7. The summed E-state index contributed by atoms with van der Waals surface area (Å²) < 4.78 is 0. The van der Waals surface area contributed by atoms with Gasteiger partial charge in [-0.15, -0.1) is 0 Å². The van der Waals surface area contributed by atoms with Crippen LogP contribution >= 0.6 is 0 Å². The highest BCUT2D eigenvalue weighted by molar-refractivity contribution is 5.35. The normalized spacial score (nSPS) is 17.7. The van der Waals surface area contributed by atoms with Crippen LogP contribution < -0.4 is 5.32 Å². The number of hydrogen-bond acceptors (Lipinski definition) is 1. The van der Waals surface area contributed by atoms with Gasteiger partial charge in [0.05, 0.1) is 0 Å². The van der Waals surface area contributed by atoms with Crippen LogP contribution in [0.4, 0.5) is 0 Å². The average molecular weight is 191 g/mol. The second-order valence-corrected chi connectivity index (χ2v) is 4.14. The van der Waals surface area contributed by atoms with Crippen LogP contribution in [-0.4, -0.2) is 6.54 Å². The molecule has 0 spiro atoms. The van der Waals surface area contributed by atoms with Gasteiger partial charge in [0.15, 0.2) is 0 Å². The quantitative estimate of drug-likeness (QED) is 0.664. The fraction of sp³-hybridized carbons (Fsp3) is 0.538. The highest BCUT2D eigenvalue weighted by Gasteiger charge is 2.25. The van der Waals surface area contributed by atoms with Crippen LogP contribution in [-0.2, 0) is 12.0 Å². The van der Waals surface area contributed by atoms with E-state index in [1.54, 1.807) is 0 Å². The van der Waals surface area contributed by atoms with E-state index in [1.165, 1.54) is 11.1 Å². The Balaban J connectivity index is 0.000000461. The highest BCUT2D eigenvalue weighted by atomic mass is 14.9. The molecule has 1 aromatic carbocycles. The Kier molecular flexibility index (Phi) is 3.70. The van der Waals surface area contributed by atoms with Crippen LogP contribution in [0.3, 0.4) is 0 Å². The summed E-state index contributed by atoms with van der Waals surface area (Å²) in [5, 5.41) is 3.43. The Morgan fingerprint density at radius 3 is 2.43 bits per heavy atom. The van der Waals surface area contributed by atoms with Crippen molar-refractivity contribution in [2.24, 2.45) is 0 Å². The second kappa shape index (κ2) is 4.61. The minimum Gasteiger partial charge on any atom is -0.312 e. The van der Waals surface area contributed by atoms with E-state index in [1.807, 2.05) is 13.8 Å². The summed E-state index contributed by atoms with van der Waals surface area (Å²) in [5.74, 6) is 0. The van der Waals surface area contributed by atoms with Crippen LogP contribution in [0.1, 0.15) is 38.8 Å². The maximum atomic E-state index is 3.43. The number of nitrogens with one attached hydrogen (secondary N) is 1. The van der Waals surface area contributed by atoms with Crippen molar-refractivity contribution in [3.8, 4) is 0 Å². The molecule has 1 heterocycles. The zero-order chi connectivity index (χ0) is 10.6. The van der Waals surface area contributed by atoms with Gasteiger partial charge < -0.3 is 5.32 Å². The molecule has 0 bridgehead atoms. The van der Waals surface area contributed by atoms with Gasteiger partial charge in [-0.1, -0.05) is 52.0 Å². The molecule has 78 valence electrons. The van der Waals surface area contributed by atoms with Gasteiger partial charge in [-0.2, -0.15) is 0 Å². The fourth-order valence-corrected chi connectivity index (χ4v) is 1.94. The molecule has 0 saturated heterocycles. The minimum absolute atomic E-state index is 0.300. The first kappa shape index (κ1) is 11.3. The smallest absolute Gasteiger partial charge is 0.0208 e. The molecule has 1 aliphatic rings. The molecule has 14 heavy (non-hydrogen) atoms. The van der Waals surface area contributed by atoms with E-state index in [-0.39, 0.29) is 0 Å². The van der Waals surface area contributed by atoms with Crippen molar-refractivity contribution >= 4 is 0 Å². The molecule has 1 aliphatic heterocycles. The molecule has 1 aromatic rings. The predicted octanol–water partition coefficient (Wildman–Crippen LogP) is 3.09. The van der Waals surface area contributed by atoms with Crippen molar-refractivity contribution in [1.29, 1.82) is 0 Å². The van der Waals surface area contributed by atoms with Crippen molar-refractivity contribution in [3.63, 3.8) is 0 Å². The van der Waals surface area contributed by atoms with Crippen LogP contribution in [0, 0.1) is 0 Å². The standard InChI is InChI=1S/C11H15N.C2H6/c1-11(2)8-12-7-9-5-3-4-6-10(9)11;1-2/h3-6,12H,7-8H2,1-2H3;1-2H3. The minimum atomic E-state index is 0.300. The molecule has 2 rings (SSSR count). The first-order chi connectivity index (χ1) is 6.70. The lowest BCUT2D eigenvalue weighted by atomic mass is 9.79. The van der Waals surface area contributed by atoms with E-state index in [0.29, 0.717) is 5.41 Å². The summed E-state index contributed by atoms with van der Waals surface area (Å²) in [7, 11) is 0. The van der Waals surface area contributed by atoms with E-state index < -0.39 is 0 Å². The maximum absolute atomic E-state index is 3.43. The predicted molar refractivity (Wildman–Crippen MR) is 62.5 cm³/mol. The third kappa shape index (κ3) is 2.16. The molecule has 1 N–H and O–H groups in total. The molecule has 0 aromatic heterocycles. The van der Waals surface area contributed by atoms with Gasteiger partial charge in [-0.05, 0) is 11.1 Å². The van der Waals surface area contributed by atoms with Crippen molar-refractivity contribution in [3.05, 3.63) is 35.4 Å². The van der Waals surface area contributed by atoms with Crippen molar-refractivity contribution < 1.29 is 0 Å². The van der Waals surface area contributed by atoms with Crippen LogP contribution in [0.2, 0.25) is 0 Å². The molecule has 0 unspecified atom stereocenters. The molecule has 1 heteroatoms. The van der Waals surface area contributed by atoms with Gasteiger partial charge in [0.1, 0.15) is 0 Å². The number of rotatable bonds is 0. The Bertz CT molecular complexity index is 289. The molecule has 0 atom stereocenters. The molecular weight excluding hydrogens is 170 g/mol. The van der Waals surface area contributed by atoms with Gasteiger partial charge in [0.25, 0.3) is 0 Å². The van der Waals surface area contributed by atoms with Gasteiger partial charge >= 0.3 is 0 Å². The summed E-state index contributed by atoms with van der Waals surface area (Å²) in [6.07, 6.45) is 0. The lowest BCUT2D eigenvalue weighted by Gasteiger charge is -2.32. The zero-order valence-corrected chi connectivity index (χ0v) is 9.72. The monoisotopic (exact) mass is 191 g/mol. The second-order valence-electron chi connectivity index (χ2n) is 4.14. The summed E-state index contributed by atoms with van der Waals surface area (Å²) in [5.41, 5.74) is 3.26. The van der Waals surface area contributed by atoms with Gasteiger partial charge in [-0.3, -0.25) is 0 Å². The molecule has 1 nitrogen and oxygen atoms in total. The summed E-state index contributed by atoms with van der Waals surface area (Å²) in [6, 6.07) is 8.70. The molecule has 0 aliphatic carbocycles. The Morgan fingerprint density at radius 1 is 1.14 bits per heavy atom. The van der Waals surface area contributed by atoms with Crippen LogP contribution in [0.5, 0.6) is 0 Å². The number of fused-ring (bicyclic) bond motifs is 1. The summed E-state index contributed by atoms with van der Waals surface area (Å²) >= 11 is 0. The first-order valence-electron chi connectivity index (χ1n) is 5.49. The molecule has 0 radical (unpaired) electrons. The largest absolute Gasteiger partial charge is 0.312 e. The Hall–Kier alpha value is -0.820. The lowest BCUT2D eigenvalue weighted by Crippen LogP contribution is -2.38. The van der Waals surface area contributed by atoms with Crippen molar-refractivity contribution in [2.45, 2.75) is 39.7 Å². The van der Waals surface area contributed by atoms with Crippen LogP contribution in [0.25, 0.3) is 0 Å². The zero-order valence-electron chi connectivity index (χ0n) is 9.72. The van der Waals surface area contributed by atoms with Gasteiger partial charge in [-0.25, -0.2) is 0 Å². The number of benzene rings is 1. The SMILES string of the molecule is CC.CC1(C)CNCc2ccccc21. The van der Waals surface area contributed by atoms with E-state index in [9.17, 15) is 0 Å². The average Bonchev–Trinajstić information content (AvgIpc) is 2.21. The third-order valence-corrected chi connectivity index (χ3v) is 2.63. The molecule has 0 fully saturated rings. The molecular formula is C13H21N. The van der Waals surface area contributed by atoms with E-state index in [2.05, 4.69) is 43.4 Å². The van der Waals surface area contributed by atoms with Gasteiger partial charge in [0, 0.05) is 18.5 Å². The first-order valence-corrected chi connectivity index (χ1v) is 5.49. The van der Waals surface area contributed by atoms with Crippen molar-refractivity contribution in [1.82, 2.24) is 5.32 Å². The summed E-state index contributed by atoms with van der Waals surface area (Å²) in [4.78, 5) is 0. The third-order valence-electron chi connectivity index (χ3n) is 2.63. The Labute approximate surface area is 87.5 Å². The van der Waals surface area contributed by atoms with Gasteiger partial charge in [0.2, 0.25) is 0 Å². The van der Waals surface area contributed by atoms with E-state index >= 15 is 0 Å². The van der Waals surface area contributed by atoms with Crippen molar-refractivity contribution in [2.75, 3.05) is 6.54 Å². The Morgan fingerprint density at radius 2 is 1.79 bits per heavy atom. The topological polar surface area (TPSA) is 12.0 Å². The highest BCUT2D eigenvalue weighted by Crippen LogP contribution is 2.28. The maximum Gasteiger partial charge on any atom is 0.0208 e. The number of hydrogen-bond donors (Lipinski definition) is 1. The van der Waals surface area contributed by atoms with E-state index in [4.69, 9.17) is 0 Å². The lowest BCUT2D eigenvalue weighted by molar-refractivity contribution is 0.435. The molecule has 0 amide bonds. The van der Waals surface area contributed by atoms with Crippen LogP contribution in [0.15, 0.2) is 24.3 Å². The van der Waals surface area contributed by atoms with E-state index in [0.717, 1.165) is 13.1 Å². The fourth-order valence-electron chi connectivity index (χ4n) is 1.94.